The molecule has 1 aliphatic heterocycles. The van der Waals surface area contributed by atoms with Crippen molar-refractivity contribution in [1.82, 2.24) is 19.9 Å². The van der Waals surface area contributed by atoms with Gasteiger partial charge < -0.3 is 4.84 Å². The Balaban J connectivity index is 1.47. The van der Waals surface area contributed by atoms with Gasteiger partial charge in [0.05, 0.1) is 10.5 Å². The number of nitro benzene ring substituents is 1. The first-order valence-electron chi connectivity index (χ1n) is 7.80. The molecule has 0 spiro atoms. The monoisotopic (exact) mass is 343 g/mol. The Hall–Kier alpha value is -2.91. The minimum atomic E-state index is -0.468. The van der Waals surface area contributed by atoms with E-state index in [-0.39, 0.29) is 5.69 Å². The van der Waals surface area contributed by atoms with E-state index in [0.717, 1.165) is 18.7 Å². The molecule has 1 fully saturated rings. The highest BCUT2D eigenvalue weighted by Gasteiger charge is 2.21. The van der Waals surface area contributed by atoms with E-state index in [4.69, 9.17) is 4.84 Å². The number of carbonyl (C=O) groups excluding carboxylic acids is 1. The Morgan fingerprint density at radius 1 is 1.12 bits per heavy atom. The van der Waals surface area contributed by atoms with E-state index in [0.29, 0.717) is 25.2 Å². The summed E-state index contributed by atoms with van der Waals surface area (Å²) < 4.78 is 0. The summed E-state index contributed by atoms with van der Waals surface area (Å²) in [5.74, 6) is -0.468. The molecule has 0 amide bonds. The molecule has 0 aliphatic carbocycles. The fourth-order valence-electron chi connectivity index (χ4n) is 2.53. The molecule has 1 aliphatic rings. The van der Waals surface area contributed by atoms with Crippen molar-refractivity contribution >= 4 is 11.7 Å². The highest BCUT2D eigenvalue weighted by Crippen LogP contribution is 2.15. The summed E-state index contributed by atoms with van der Waals surface area (Å²) in [5, 5.41) is 12.3. The molecule has 1 saturated heterocycles. The molecule has 2 heterocycles. The number of nitro groups is 1. The fraction of sp³-hybridized carbons (Fsp3) is 0.312. The molecule has 1 aromatic heterocycles. The topological polar surface area (TPSA) is 102 Å². The molecule has 9 heteroatoms. The lowest BCUT2D eigenvalue weighted by molar-refractivity contribution is -0.384. The first-order valence-corrected chi connectivity index (χ1v) is 7.80. The van der Waals surface area contributed by atoms with Crippen LogP contribution in [-0.2, 0) is 11.4 Å². The van der Waals surface area contributed by atoms with Gasteiger partial charge in [-0.05, 0) is 5.56 Å². The fourth-order valence-corrected chi connectivity index (χ4v) is 2.53. The molecular formula is C16H17N5O4. The maximum absolute atomic E-state index is 12.0. The third-order valence-electron chi connectivity index (χ3n) is 3.89. The Kier molecular flexibility index (Phi) is 5.26. The number of rotatable bonds is 5. The largest absolute Gasteiger partial charge is 0.364 e. The van der Waals surface area contributed by atoms with Crippen LogP contribution in [0, 0.1) is 10.1 Å². The van der Waals surface area contributed by atoms with Crippen LogP contribution >= 0.6 is 0 Å². The van der Waals surface area contributed by atoms with E-state index in [9.17, 15) is 14.9 Å². The molecule has 0 saturated carbocycles. The standard InChI is InChI=1S/C16H17N5O4/c22-16(14-9-17-12-18-10-14)25-20-7-5-19(6-8-20)11-13-1-3-15(4-2-13)21(23)24/h1-4,9-10,12H,5-8,11H2. The van der Waals surface area contributed by atoms with Gasteiger partial charge in [0.15, 0.2) is 0 Å². The van der Waals surface area contributed by atoms with E-state index in [1.165, 1.54) is 30.9 Å². The predicted molar refractivity (Wildman–Crippen MR) is 87.4 cm³/mol. The highest BCUT2D eigenvalue weighted by atomic mass is 16.7. The van der Waals surface area contributed by atoms with E-state index < -0.39 is 10.9 Å². The first kappa shape index (κ1) is 16.9. The lowest BCUT2D eigenvalue weighted by Gasteiger charge is -2.33. The van der Waals surface area contributed by atoms with Gasteiger partial charge >= 0.3 is 5.97 Å². The van der Waals surface area contributed by atoms with Gasteiger partial charge in [-0.15, -0.1) is 5.06 Å². The van der Waals surface area contributed by atoms with Gasteiger partial charge in [-0.25, -0.2) is 14.8 Å². The third kappa shape index (κ3) is 4.55. The molecule has 0 atom stereocenters. The van der Waals surface area contributed by atoms with Gasteiger partial charge in [-0.3, -0.25) is 15.0 Å². The number of nitrogens with zero attached hydrogens (tertiary/aromatic N) is 5. The van der Waals surface area contributed by atoms with Crippen LogP contribution in [0.1, 0.15) is 15.9 Å². The number of non-ortho nitro benzene ring substituents is 1. The summed E-state index contributed by atoms with van der Waals surface area (Å²) >= 11 is 0. The number of hydrogen-bond donors (Lipinski definition) is 0. The van der Waals surface area contributed by atoms with Crippen molar-refractivity contribution in [3.05, 3.63) is 64.2 Å². The van der Waals surface area contributed by atoms with Gasteiger partial charge in [-0.1, -0.05) is 12.1 Å². The number of piperazine rings is 1. The Labute approximate surface area is 144 Å². The normalized spacial score (nSPS) is 15.7. The lowest BCUT2D eigenvalue weighted by Crippen LogP contribution is -2.46. The average Bonchev–Trinajstić information content (AvgIpc) is 2.64. The molecule has 3 rings (SSSR count). The average molecular weight is 343 g/mol. The smallest absolute Gasteiger partial charge is 0.360 e. The van der Waals surface area contributed by atoms with E-state index in [1.807, 2.05) is 0 Å². The van der Waals surface area contributed by atoms with Crippen molar-refractivity contribution in [2.75, 3.05) is 26.2 Å². The number of hydrogen-bond acceptors (Lipinski definition) is 8. The number of aromatic nitrogens is 2. The van der Waals surface area contributed by atoms with Crippen molar-refractivity contribution < 1.29 is 14.6 Å². The van der Waals surface area contributed by atoms with Crippen molar-refractivity contribution in [1.29, 1.82) is 0 Å². The molecule has 0 radical (unpaired) electrons. The van der Waals surface area contributed by atoms with Gasteiger partial charge in [-0.2, -0.15) is 0 Å². The molecule has 130 valence electrons. The SMILES string of the molecule is O=C(ON1CCN(Cc2ccc([N+](=O)[O-])cc2)CC1)c1cncnc1. The first-order chi connectivity index (χ1) is 12.1. The second kappa shape index (κ2) is 7.77. The van der Waals surface area contributed by atoms with E-state index >= 15 is 0 Å². The number of hydroxylamine groups is 2. The van der Waals surface area contributed by atoms with Crippen molar-refractivity contribution in [2.24, 2.45) is 0 Å². The van der Waals surface area contributed by atoms with Crippen LogP contribution < -0.4 is 0 Å². The summed E-state index contributed by atoms with van der Waals surface area (Å²) in [6.07, 6.45) is 4.19. The lowest BCUT2D eigenvalue weighted by atomic mass is 10.2. The van der Waals surface area contributed by atoms with Gasteiger partial charge in [0.25, 0.3) is 5.69 Å². The molecule has 0 N–H and O–H groups in total. The van der Waals surface area contributed by atoms with Gasteiger partial charge in [0, 0.05) is 57.3 Å². The van der Waals surface area contributed by atoms with Crippen LogP contribution in [0.15, 0.2) is 43.0 Å². The van der Waals surface area contributed by atoms with Crippen LogP contribution in [0.5, 0.6) is 0 Å². The minimum absolute atomic E-state index is 0.0883. The van der Waals surface area contributed by atoms with Crippen molar-refractivity contribution in [2.45, 2.75) is 6.54 Å². The van der Waals surface area contributed by atoms with Crippen LogP contribution in [-0.4, -0.2) is 57.0 Å². The second-order valence-corrected chi connectivity index (χ2v) is 5.63. The highest BCUT2D eigenvalue weighted by molar-refractivity contribution is 5.88. The third-order valence-corrected chi connectivity index (χ3v) is 3.89. The quantitative estimate of drug-likeness (QED) is 0.591. The van der Waals surface area contributed by atoms with Crippen LogP contribution in [0.3, 0.4) is 0 Å². The van der Waals surface area contributed by atoms with Crippen molar-refractivity contribution in [3.63, 3.8) is 0 Å². The second-order valence-electron chi connectivity index (χ2n) is 5.63. The van der Waals surface area contributed by atoms with E-state index in [1.54, 1.807) is 17.2 Å². The molecule has 25 heavy (non-hydrogen) atoms. The summed E-state index contributed by atoms with van der Waals surface area (Å²) in [7, 11) is 0. The Morgan fingerprint density at radius 3 is 2.36 bits per heavy atom. The van der Waals surface area contributed by atoms with Crippen LogP contribution in [0.2, 0.25) is 0 Å². The summed E-state index contributed by atoms with van der Waals surface area (Å²) in [6, 6.07) is 6.55. The number of carbonyl (C=O) groups is 1. The molecule has 2 aromatic rings. The molecule has 0 bridgehead atoms. The Bertz CT molecular complexity index is 730. The van der Waals surface area contributed by atoms with Crippen molar-refractivity contribution in [3.8, 4) is 0 Å². The summed E-state index contributed by atoms with van der Waals surface area (Å²) in [6.45, 7) is 3.34. The van der Waals surface area contributed by atoms with Crippen LogP contribution in [0.25, 0.3) is 0 Å². The molecule has 9 nitrogen and oxygen atoms in total. The van der Waals surface area contributed by atoms with Crippen LogP contribution in [0.4, 0.5) is 5.69 Å². The zero-order valence-electron chi connectivity index (χ0n) is 13.4. The maximum Gasteiger partial charge on any atom is 0.360 e. The molecular weight excluding hydrogens is 326 g/mol. The summed E-state index contributed by atoms with van der Waals surface area (Å²) in [5.41, 5.74) is 1.42. The van der Waals surface area contributed by atoms with E-state index in [2.05, 4.69) is 14.9 Å². The predicted octanol–water partition coefficient (Wildman–Crippen LogP) is 1.27. The zero-order chi connectivity index (χ0) is 17.6. The molecule has 1 aromatic carbocycles. The minimum Gasteiger partial charge on any atom is -0.364 e. The van der Waals surface area contributed by atoms with Gasteiger partial charge in [0.1, 0.15) is 6.33 Å². The molecule has 0 unspecified atom stereocenters. The van der Waals surface area contributed by atoms with Gasteiger partial charge in [0.2, 0.25) is 0 Å². The zero-order valence-corrected chi connectivity index (χ0v) is 13.4. The summed E-state index contributed by atoms with van der Waals surface area (Å²) in [4.78, 5) is 37.3. The number of benzene rings is 1. The Morgan fingerprint density at radius 2 is 1.76 bits per heavy atom. The maximum atomic E-state index is 12.0.